The highest BCUT2D eigenvalue weighted by molar-refractivity contribution is 5.65. The van der Waals surface area contributed by atoms with E-state index in [1.807, 2.05) is 6.07 Å². The summed E-state index contributed by atoms with van der Waals surface area (Å²) in [5.74, 6) is 1.96. The minimum absolute atomic E-state index is 0.400. The quantitative estimate of drug-likeness (QED) is 0.792. The maximum atomic E-state index is 6.18. The van der Waals surface area contributed by atoms with Crippen LogP contribution in [0.15, 0.2) is 48.5 Å². The van der Waals surface area contributed by atoms with E-state index in [2.05, 4.69) is 66.4 Å². The number of anilines is 1. The zero-order chi connectivity index (χ0) is 14.4. The summed E-state index contributed by atoms with van der Waals surface area (Å²) >= 11 is 0. The summed E-state index contributed by atoms with van der Waals surface area (Å²) in [6.07, 6.45) is 1.14. The van der Waals surface area contributed by atoms with E-state index in [4.69, 9.17) is 4.74 Å². The minimum Gasteiger partial charge on any atom is -0.455 e. The van der Waals surface area contributed by atoms with Crippen LogP contribution in [0, 0.1) is 0 Å². The first kappa shape index (κ1) is 12.7. The number of ether oxygens (including phenoxy) is 1. The van der Waals surface area contributed by atoms with Crippen LogP contribution in [0.25, 0.3) is 0 Å². The van der Waals surface area contributed by atoms with Crippen molar-refractivity contribution in [3.63, 3.8) is 0 Å². The molecule has 0 aromatic heterocycles. The van der Waals surface area contributed by atoms with Gasteiger partial charge in [-0.15, -0.1) is 0 Å². The third-order valence-electron chi connectivity index (χ3n) is 4.68. The van der Waals surface area contributed by atoms with Gasteiger partial charge in [0.15, 0.2) is 5.75 Å². The maximum absolute atomic E-state index is 6.18. The molecule has 0 radical (unpaired) electrons. The molecule has 1 saturated heterocycles. The van der Waals surface area contributed by atoms with Crippen molar-refractivity contribution in [2.75, 3.05) is 25.5 Å². The Bertz CT molecular complexity index is 614. The Morgan fingerprint density at radius 1 is 1.00 bits per heavy atom. The van der Waals surface area contributed by atoms with Crippen LogP contribution in [0.1, 0.15) is 18.0 Å². The summed E-state index contributed by atoms with van der Waals surface area (Å²) < 4.78 is 6.18. The highest BCUT2D eigenvalue weighted by atomic mass is 16.5. The van der Waals surface area contributed by atoms with Gasteiger partial charge in [0, 0.05) is 18.2 Å². The van der Waals surface area contributed by atoms with Gasteiger partial charge in [0.1, 0.15) is 5.75 Å². The molecular formula is C18H20N2O. The zero-order valence-electron chi connectivity index (χ0n) is 12.5. The molecule has 0 saturated carbocycles. The number of benzene rings is 2. The number of likely N-dealkylation sites (N-methyl/N-ethyl adjacent to an activating group) is 1. The molecule has 2 aliphatic heterocycles. The Labute approximate surface area is 125 Å². The molecule has 2 heterocycles. The van der Waals surface area contributed by atoms with Crippen molar-refractivity contribution in [1.29, 1.82) is 0 Å². The second-order valence-corrected chi connectivity index (χ2v) is 6.13. The molecule has 0 aliphatic carbocycles. The van der Waals surface area contributed by atoms with Crippen molar-refractivity contribution in [2.24, 2.45) is 0 Å². The fraction of sp³-hybridized carbons (Fsp3) is 0.333. The molecule has 2 aliphatic rings. The third-order valence-corrected chi connectivity index (χ3v) is 4.68. The topological polar surface area (TPSA) is 15.7 Å². The number of hydrogen-bond acceptors (Lipinski definition) is 3. The highest BCUT2D eigenvalue weighted by Crippen LogP contribution is 2.48. The third kappa shape index (κ3) is 2.00. The fourth-order valence-corrected chi connectivity index (χ4v) is 3.50. The van der Waals surface area contributed by atoms with Gasteiger partial charge in [0.2, 0.25) is 0 Å². The van der Waals surface area contributed by atoms with E-state index in [0.29, 0.717) is 12.1 Å². The van der Waals surface area contributed by atoms with Gasteiger partial charge in [0.25, 0.3) is 0 Å². The van der Waals surface area contributed by atoms with E-state index in [-0.39, 0.29) is 0 Å². The Hall–Kier alpha value is -2.00. The van der Waals surface area contributed by atoms with Crippen molar-refractivity contribution in [3.05, 3.63) is 54.1 Å². The molecular weight excluding hydrogens is 260 g/mol. The average molecular weight is 280 g/mol. The standard InChI is InChI=1S/C18H20N2O/c1-19(2)13-11-16-14-7-3-5-9-17(14)21-18-10-6-4-8-15(18)20(16)12-13/h3-10,13,16H,11-12H2,1-2H3. The van der Waals surface area contributed by atoms with Crippen LogP contribution in [0.2, 0.25) is 0 Å². The number of rotatable bonds is 1. The molecule has 0 amide bonds. The zero-order valence-corrected chi connectivity index (χ0v) is 12.5. The lowest BCUT2D eigenvalue weighted by Crippen LogP contribution is -2.31. The van der Waals surface area contributed by atoms with Crippen molar-refractivity contribution >= 4 is 5.69 Å². The molecule has 2 aromatic rings. The van der Waals surface area contributed by atoms with Gasteiger partial charge in [-0.1, -0.05) is 30.3 Å². The fourth-order valence-electron chi connectivity index (χ4n) is 3.50. The summed E-state index contributed by atoms with van der Waals surface area (Å²) in [7, 11) is 4.34. The predicted molar refractivity (Wildman–Crippen MR) is 85.1 cm³/mol. The number of nitrogens with zero attached hydrogens (tertiary/aromatic N) is 2. The monoisotopic (exact) mass is 280 g/mol. The van der Waals surface area contributed by atoms with Gasteiger partial charge < -0.3 is 14.5 Å². The normalized spacial score (nSPS) is 23.1. The van der Waals surface area contributed by atoms with E-state index in [0.717, 1.165) is 24.5 Å². The van der Waals surface area contributed by atoms with Gasteiger partial charge in [-0.05, 0) is 38.7 Å². The molecule has 1 fully saturated rings. The smallest absolute Gasteiger partial charge is 0.150 e. The van der Waals surface area contributed by atoms with E-state index < -0.39 is 0 Å². The van der Waals surface area contributed by atoms with Gasteiger partial charge in [0.05, 0.1) is 11.7 Å². The van der Waals surface area contributed by atoms with E-state index in [1.54, 1.807) is 0 Å². The van der Waals surface area contributed by atoms with Crippen molar-refractivity contribution in [2.45, 2.75) is 18.5 Å². The Balaban J connectivity index is 1.86. The maximum Gasteiger partial charge on any atom is 0.150 e. The highest BCUT2D eigenvalue weighted by Gasteiger charge is 2.38. The van der Waals surface area contributed by atoms with E-state index >= 15 is 0 Å². The first-order chi connectivity index (χ1) is 10.2. The summed E-state index contributed by atoms with van der Waals surface area (Å²) in [5.41, 5.74) is 2.51. The second kappa shape index (κ2) is 4.78. The average Bonchev–Trinajstić information content (AvgIpc) is 2.89. The van der Waals surface area contributed by atoms with Crippen LogP contribution >= 0.6 is 0 Å². The number of para-hydroxylation sites is 3. The van der Waals surface area contributed by atoms with Gasteiger partial charge in [-0.3, -0.25) is 0 Å². The van der Waals surface area contributed by atoms with Gasteiger partial charge >= 0.3 is 0 Å². The van der Waals surface area contributed by atoms with E-state index in [1.165, 1.54) is 11.3 Å². The lowest BCUT2D eigenvalue weighted by molar-refractivity contribution is 0.309. The molecule has 2 aromatic carbocycles. The van der Waals surface area contributed by atoms with Crippen molar-refractivity contribution < 1.29 is 4.74 Å². The predicted octanol–water partition coefficient (Wildman–Crippen LogP) is 3.67. The molecule has 2 unspecified atom stereocenters. The molecule has 3 heteroatoms. The molecule has 21 heavy (non-hydrogen) atoms. The van der Waals surface area contributed by atoms with E-state index in [9.17, 15) is 0 Å². The lowest BCUT2D eigenvalue weighted by atomic mass is 10.0. The molecule has 0 spiro atoms. The largest absolute Gasteiger partial charge is 0.455 e. The minimum atomic E-state index is 0.400. The van der Waals surface area contributed by atoms with Crippen LogP contribution in [-0.2, 0) is 0 Å². The van der Waals surface area contributed by atoms with Crippen LogP contribution in [-0.4, -0.2) is 31.6 Å². The number of fused-ring (bicyclic) bond motifs is 5. The van der Waals surface area contributed by atoms with Crippen LogP contribution in [0.5, 0.6) is 11.5 Å². The summed E-state index contributed by atoms with van der Waals surface area (Å²) in [4.78, 5) is 4.84. The van der Waals surface area contributed by atoms with Gasteiger partial charge in [-0.2, -0.15) is 0 Å². The Kier molecular flexibility index (Phi) is 2.89. The Morgan fingerprint density at radius 3 is 2.52 bits per heavy atom. The molecule has 4 rings (SSSR count). The summed E-state index contributed by atoms with van der Waals surface area (Å²) in [6.45, 7) is 1.05. The summed E-state index contributed by atoms with van der Waals surface area (Å²) in [6, 6.07) is 17.8. The van der Waals surface area contributed by atoms with Crippen LogP contribution < -0.4 is 9.64 Å². The first-order valence-electron chi connectivity index (χ1n) is 7.53. The molecule has 2 atom stereocenters. The van der Waals surface area contributed by atoms with Crippen molar-refractivity contribution in [1.82, 2.24) is 4.90 Å². The van der Waals surface area contributed by atoms with Crippen LogP contribution in [0.4, 0.5) is 5.69 Å². The first-order valence-corrected chi connectivity index (χ1v) is 7.53. The molecule has 3 nitrogen and oxygen atoms in total. The lowest BCUT2D eigenvalue weighted by Gasteiger charge is -2.25. The SMILES string of the molecule is CN(C)C1CC2c3ccccc3Oc3ccccc3N2C1. The van der Waals surface area contributed by atoms with Crippen molar-refractivity contribution in [3.8, 4) is 11.5 Å². The number of hydrogen-bond donors (Lipinski definition) is 0. The summed E-state index contributed by atoms with van der Waals surface area (Å²) in [5, 5.41) is 0. The Morgan fingerprint density at radius 2 is 1.71 bits per heavy atom. The van der Waals surface area contributed by atoms with Crippen LogP contribution in [0.3, 0.4) is 0 Å². The molecule has 0 bridgehead atoms. The second-order valence-electron chi connectivity index (χ2n) is 6.13. The molecule has 108 valence electrons. The van der Waals surface area contributed by atoms with Gasteiger partial charge in [-0.25, -0.2) is 0 Å². The molecule has 0 N–H and O–H groups in total.